The normalized spacial score (nSPS) is 12.5. The van der Waals surface area contributed by atoms with Crippen LogP contribution in [0.25, 0.3) is 0 Å². The van der Waals surface area contributed by atoms with Crippen LogP contribution in [0.2, 0.25) is 0 Å². The van der Waals surface area contributed by atoms with Crippen LogP contribution in [-0.2, 0) is 0 Å². The summed E-state index contributed by atoms with van der Waals surface area (Å²) >= 11 is 0. The minimum atomic E-state index is 0.503. The summed E-state index contributed by atoms with van der Waals surface area (Å²) in [4.78, 5) is 9.66. The first-order chi connectivity index (χ1) is 3.81. The molecule has 0 amide bonds. The molecule has 0 aliphatic heterocycles. The molecule has 8 heavy (non-hydrogen) atoms. The molecule has 0 spiro atoms. The Kier molecular flexibility index (Phi) is 3.76. The summed E-state index contributed by atoms with van der Waals surface area (Å²) in [5.74, 6) is 0. The SMILES string of the molecule is C/C=C\C=C(/C)N=O. The fraction of sp³-hybridized carbons (Fsp3) is 0.333. The summed E-state index contributed by atoms with van der Waals surface area (Å²) < 4.78 is 0. The van der Waals surface area contributed by atoms with Gasteiger partial charge in [0.25, 0.3) is 0 Å². The molecule has 44 valence electrons. The Labute approximate surface area is 48.9 Å². The van der Waals surface area contributed by atoms with Crippen LogP contribution < -0.4 is 0 Å². The van der Waals surface area contributed by atoms with Gasteiger partial charge < -0.3 is 0 Å². The predicted molar refractivity (Wildman–Crippen MR) is 34.4 cm³/mol. The average Bonchev–Trinajstić information content (AvgIpc) is 1.83. The second-order valence-electron chi connectivity index (χ2n) is 1.43. The monoisotopic (exact) mass is 111 g/mol. The molecule has 0 fully saturated rings. The minimum absolute atomic E-state index is 0.503. The predicted octanol–water partition coefficient (Wildman–Crippen LogP) is 2.23. The minimum Gasteiger partial charge on any atom is -0.145 e. The highest BCUT2D eigenvalue weighted by Gasteiger charge is 1.76. The van der Waals surface area contributed by atoms with E-state index in [0.29, 0.717) is 5.70 Å². The second kappa shape index (κ2) is 4.24. The van der Waals surface area contributed by atoms with E-state index in [0.717, 1.165) is 0 Å². The van der Waals surface area contributed by atoms with Gasteiger partial charge in [-0.3, -0.25) is 0 Å². The molecule has 0 saturated heterocycles. The molecule has 0 saturated carbocycles. The van der Waals surface area contributed by atoms with Gasteiger partial charge in [-0.15, -0.1) is 4.91 Å². The molecule has 0 aliphatic carbocycles. The first kappa shape index (κ1) is 7.08. The fourth-order valence-corrected chi connectivity index (χ4v) is 0.266. The molecule has 0 atom stereocenters. The average molecular weight is 111 g/mol. The molecular formula is C6H9NO. The van der Waals surface area contributed by atoms with E-state index in [9.17, 15) is 4.91 Å². The van der Waals surface area contributed by atoms with Gasteiger partial charge in [0, 0.05) is 0 Å². The standard InChI is InChI=1S/C6H9NO/c1-3-4-5-6(2)7-8/h3-5H,1-2H3/b4-3-,6-5+. The molecule has 0 bridgehead atoms. The van der Waals surface area contributed by atoms with E-state index in [-0.39, 0.29) is 0 Å². The van der Waals surface area contributed by atoms with Crippen molar-refractivity contribution in [2.45, 2.75) is 13.8 Å². The van der Waals surface area contributed by atoms with Crippen molar-refractivity contribution < 1.29 is 0 Å². The van der Waals surface area contributed by atoms with E-state index < -0.39 is 0 Å². The second-order valence-corrected chi connectivity index (χ2v) is 1.43. The van der Waals surface area contributed by atoms with Crippen molar-refractivity contribution in [3.05, 3.63) is 28.8 Å². The Hall–Kier alpha value is -0.920. The highest BCUT2D eigenvalue weighted by atomic mass is 16.3. The molecule has 0 aliphatic rings. The molecule has 2 heteroatoms. The van der Waals surface area contributed by atoms with Crippen LogP contribution in [-0.4, -0.2) is 0 Å². The summed E-state index contributed by atoms with van der Waals surface area (Å²) in [5.41, 5.74) is 0.503. The molecule has 0 aromatic heterocycles. The van der Waals surface area contributed by atoms with Gasteiger partial charge in [0.2, 0.25) is 0 Å². The molecule has 0 aromatic carbocycles. The third kappa shape index (κ3) is 3.28. The maximum Gasteiger partial charge on any atom is 0.0818 e. The van der Waals surface area contributed by atoms with Crippen LogP contribution in [0.15, 0.2) is 29.1 Å². The van der Waals surface area contributed by atoms with Gasteiger partial charge in [0.05, 0.1) is 5.70 Å². The topological polar surface area (TPSA) is 29.4 Å². The van der Waals surface area contributed by atoms with Crippen LogP contribution in [0, 0.1) is 4.91 Å². The Morgan fingerprint density at radius 3 is 2.62 bits per heavy atom. The van der Waals surface area contributed by atoms with Gasteiger partial charge in [-0.25, -0.2) is 0 Å². The first-order valence-electron chi connectivity index (χ1n) is 2.44. The van der Waals surface area contributed by atoms with E-state index in [1.54, 1.807) is 19.1 Å². The van der Waals surface area contributed by atoms with Gasteiger partial charge in [0.15, 0.2) is 0 Å². The van der Waals surface area contributed by atoms with Gasteiger partial charge in [-0.1, -0.05) is 12.2 Å². The van der Waals surface area contributed by atoms with Crippen molar-refractivity contribution in [1.82, 2.24) is 0 Å². The Bertz CT molecular complexity index is 124. The van der Waals surface area contributed by atoms with Gasteiger partial charge in [0.1, 0.15) is 0 Å². The zero-order valence-electron chi connectivity index (χ0n) is 5.09. The van der Waals surface area contributed by atoms with E-state index in [1.165, 1.54) is 0 Å². The number of hydrogen-bond acceptors (Lipinski definition) is 2. The molecule has 2 nitrogen and oxygen atoms in total. The molecule has 0 radical (unpaired) electrons. The zero-order valence-corrected chi connectivity index (χ0v) is 5.09. The Morgan fingerprint density at radius 2 is 2.25 bits per heavy atom. The largest absolute Gasteiger partial charge is 0.145 e. The summed E-state index contributed by atoms with van der Waals surface area (Å²) in [6, 6.07) is 0. The Balaban J connectivity index is 3.74. The van der Waals surface area contributed by atoms with Crippen molar-refractivity contribution in [1.29, 1.82) is 0 Å². The van der Waals surface area contributed by atoms with Crippen molar-refractivity contribution in [2.24, 2.45) is 5.18 Å². The summed E-state index contributed by atoms with van der Waals surface area (Å²) in [5, 5.41) is 2.69. The summed E-state index contributed by atoms with van der Waals surface area (Å²) in [7, 11) is 0. The lowest BCUT2D eigenvalue weighted by Crippen LogP contribution is -1.60. The number of hydrogen-bond donors (Lipinski definition) is 0. The van der Waals surface area contributed by atoms with E-state index >= 15 is 0 Å². The van der Waals surface area contributed by atoms with Gasteiger partial charge >= 0.3 is 0 Å². The summed E-state index contributed by atoms with van der Waals surface area (Å²) in [6.07, 6.45) is 5.28. The smallest absolute Gasteiger partial charge is 0.0818 e. The maximum atomic E-state index is 9.66. The van der Waals surface area contributed by atoms with Crippen molar-refractivity contribution in [3.8, 4) is 0 Å². The lowest BCUT2D eigenvalue weighted by atomic mass is 10.4. The highest BCUT2D eigenvalue weighted by molar-refractivity contribution is 5.07. The zero-order chi connectivity index (χ0) is 6.41. The number of nitrogens with zero attached hydrogens (tertiary/aromatic N) is 1. The van der Waals surface area contributed by atoms with Gasteiger partial charge in [-0.2, -0.15) is 0 Å². The molecular weight excluding hydrogens is 102 g/mol. The van der Waals surface area contributed by atoms with Crippen molar-refractivity contribution >= 4 is 0 Å². The lowest BCUT2D eigenvalue weighted by molar-refractivity contribution is 1.29. The van der Waals surface area contributed by atoms with Crippen molar-refractivity contribution in [2.75, 3.05) is 0 Å². The van der Waals surface area contributed by atoms with E-state index in [1.807, 2.05) is 13.0 Å². The molecule has 0 N–H and O–H groups in total. The third-order valence-electron chi connectivity index (χ3n) is 0.674. The van der Waals surface area contributed by atoms with E-state index in [2.05, 4.69) is 5.18 Å². The Morgan fingerprint density at radius 1 is 1.62 bits per heavy atom. The fourth-order valence-electron chi connectivity index (χ4n) is 0.266. The highest BCUT2D eigenvalue weighted by Crippen LogP contribution is 1.91. The van der Waals surface area contributed by atoms with Crippen LogP contribution in [0.1, 0.15) is 13.8 Å². The molecule has 0 heterocycles. The quantitative estimate of drug-likeness (QED) is 0.397. The third-order valence-corrected chi connectivity index (χ3v) is 0.674. The maximum absolute atomic E-state index is 9.66. The number of rotatable bonds is 2. The number of allylic oxidation sites excluding steroid dienone is 4. The number of nitroso groups, excluding NO2 is 1. The van der Waals surface area contributed by atoms with E-state index in [4.69, 9.17) is 0 Å². The van der Waals surface area contributed by atoms with Crippen molar-refractivity contribution in [3.63, 3.8) is 0 Å². The molecule has 0 aromatic rings. The first-order valence-corrected chi connectivity index (χ1v) is 2.44. The lowest BCUT2D eigenvalue weighted by Gasteiger charge is -1.75. The van der Waals surface area contributed by atoms with Crippen LogP contribution in [0.3, 0.4) is 0 Å². The molecule has 0 rings (SSSR count). The van der Waals surface area contributed by atoms with Crippen LogP contribution >= 0.6 is 0 Å². The van der Waals surface area contributed by atoms with Gasteiger partial charge in [-0.05, 0) is 25.1 Å². The summed E-state index contributed by atoms with van der Waals surface area (Å²) in [6.45, 7) is 3.54. The molecule has 0 unspecified atom stereocenters. The van der Waals surface area contributed by atoms with Crippen LogP contribution in [0.4, 0.5) is 0 Å². The van der Waals surface area contributed by atoms with Crippen LogP contribution in [0.5, 0.6) is 0 Å².